The lowest BCUT2D eigenvalue weighted by Crippen LogP contribution is -2.55. The van der Waals surface area contributed by atoms with Gasteiger partial charge in [-0.3, -0.25) is 14.4 Å². The highest BCUT2D eigenvalue weighted by Gasteiger charge is 2.28. The molecule has 32 heavy (non-hydrogen) atoms. The fourth-order valence-corrected chi connectivity index (χ4v) is 3.92. The molecule has 1 aliphatic rings. The summed E-state index contributed by atoms with van der Waals surface area (Å²) in [6.07, 6.45) is 0.276. The molecule has 0 radical (unpaired) electrons. The predicted octanol–water partition coefficient (Wildman–Crippen LogP) is 3.03. The number of rotatable bonds is 6. The molecule has 0 bridgehead atoms. The number of benzene rings is 2. The fourth-order valence-electron chi connectivity index (χ4n) is 3.53. The third kappa shape index (κ3) is 5.72. The van der Waals surface area contributed by atoms with Crippen LogP contribution < -0.4 is 10.1 Å². The minimum atomic E-state index is -0.739. The predicted molar refractivity (Wildman–Crippen MR) is 123 cm³/mol. The van der Waals surface area contributed by atoms with Gasteiger partial charge in [0.25, 0.3) is 5.91 Å². The Morgan fingerprint density at radius 2 is 1.69 bits per heavy atom. The second kappa shape index (κ2) is 10.7. The molecule has 0 aromatic heterocycles. The van der Waals surface area contributed by atoms with E-state index in [1.807, 2.05) is 24.3 Å². The number of halogens is 2. The molecular formula is C23H25Cl2N3O4. The first-order valence-electron chi connectivity index (χ1n) is 10.2. The zero-order valence-corrected chi connectivity index (χ0v) is 19.4. The zero-order valence-electron chi connectivity index (χ0n) is 17.9. The summed E-state index contributed by atoms with van der Waals surface area (Å²) in [5, 5.41) is 3.09. The quantitative estimate of drug-likeness (QED) is 0.693. The Hall–Kier alpha value is -2.77. The van der Waals surface area contributed by atoms with Crippen LogP contribution in [0.15, 0.2) is 42.5 Å². The molecule has 1 fully saturated rings. The van der Waals surface area contributed by atoms with Gasteiger partial charge in [-0.1, -0.05) is 41.4 Å². The molecule has 1 aliphatic heterocycles. The SMILES string of the molecule is COc1cccc(CC(=O)N2CCN(C(=O)C(C)NC(=O)c3cccc(Cl)c3Cl)CC2)c1. The van der Waals surface area contributed by atoms with E-state index in [0.29, 0.717) is 31.9 Å². The van der Waals surface area contributed by atoms with Crippen LogP contribution in [-0.4, -0.2) is 66.9 Å². The molecule has 0 aliphatic carbocycles. The number of carbonyl (C=O) groups excluding carboxylic acids is 3. The van der Waals surface area contributed by atoms with Crippen LogP contribution in [0.1, 0.15) is 22.8 Å². The van der Waals surface area contributed by atoms with E-state index in [1.165, 1.54) is 0 Å². The zero-order chi connectivity index (χ0) is 23.3. The minimum absolute atomic E-state index is 0.00213. The molecule has 1 unspecified atom stereocenters. The van der Waals surface area contributed by atoms with Gasteiger partial charge >= 0.3 is 0 Å². The number of ether oxygens (including phenoxy) is 1. The number of amides is 3. The topological polar surface area (TPSA) is 79.0 Å². The van der Waals surface area contributed by atoms with E-state index >= 15 is 0 Å². The van der Waals surface area contributed by atoms with Crippen molar-refractivity contribution in [3.05, 3.63) is 63.6 Å². The van der Waals surface area contributed by atoms with Gasteiger partial charge in [0.1, 0.15) is 11.8 Å². The molecule has 2 aromatic carbocycles. The Morgan fingerprint density at radius 1 is 1.03 bits per heavy atom. The summed E-state index contributed by atoms with van der Waals surface area (Å²) < 4.78 is 5.20. The normalized spacial score (nSPS) is 14.6. The van der Waals surface area contributed by atoms with Gasteiger partial charge in [0.05, 0.1) is 29.1 Å². The number of nitrogens with zero attached hydrogens (tertiary/aromatic N) is 2. The summed E-state index contributed by atoms with van der Waals surface area (Å²) in [6, 6.07) is 11.4. The molecule has 1 atom stereocenters. The first kappa shape index (κ1) is 23.9. The van der Waals surface area contributed by atoms with Crippen LogP contribution in [-0.2, 0) is 16.0 Å². The summed E-state index contributed by atoms with van der Waals surface area (Å²) in [4.78, 5) is 41.3. The van der Waals surface area contributed by atoms with E-state index in [2.05, 4.69) is 5.32 Å². The van der Waals surface area contributed by atoms with Gasteiger partial charge < -0.3 is 19.9 Å². The van der Waals surface area contributed by atoms with Crippen LogP contribution in [0.5, 0.6) is 5.75 Å². The molecule has 1 heterocycles. The average molecular weight is 478 g/mol. The first-order valence-corrected chi connectivity index (χ1v) is 11.0. The summed E-state index contributed by atoms with van der Waals surface area (Å²) in [5.41, 5.74) is 1.09. The molecule has 2 aromatic rings. The number of hydrogen-bond acceptors (Lipinski definition) is 4. The van der Waals surface area contributed by atoms with Crippen LogP contribution in [0.25, 0.3) is 0 Å². The number of carbonyl (C=O) groups is 3. The maximum absolute atomic E-state index is 12.8. The fraction of sp³-hybridized carbons (Fsp3) is 0.348. The summed E-state index contributed by atoms with van der Waals surface area (Å²) in [6.45, 7) is 3.31. The van der Waals surface area contributed by atoms with Crippen LogP contribution in [0, 0.1) is 0 Å². The summed E-state index contributed by atoms with van der Waals surface area (Å²) in [5.74, 6) is 0.0324. The van der Waals surface area contributed by atoms with Gasteiger partial charge in [-0.25, -0.2) is 0 Å². The van der Waals surface area contributed by atoms with Crippen molar-refractivity contribution in [3.8, 4) is 5.75 Å². The van der Waals surface area contributed by atoms with Crippen molar-refractivity contribution >= 4 is 40.9 Å². The Morgan fingerprint density at radius 3 is 2.38 bits per heavy atom. The lowest BCUT2D eigenvalue weighted by Gasteiger charge is -2.36. The van der Waals surface area contributed by atoms with Gasteiger partial charge in [-0.15, -0.1) is 0 Å². The third-order valence-electron chi connectivity index (χ3n) is 5.35. The molecule has 9 heteroatoms. The van der Waals surface area contributed by atoms with E-state index in [0.717, 1.165) is 5.56 Å². The molecule has 7 nitrogen and oxygen atoms in total. The van der Waals surface area contributed by atoms with Crippen molar-refractivity contribution in [1.29, 1.82) is 0 Å². The van der Waals surface area contributed by atoms with Gasteiger partial charge in [0.15, 0.2) is 0 Å². The molecular weight excluding hydrogens is 453 g/mol. The number of piperazine rings is 1. The first-order chi connectivity index (χ1) is 15.3. The second-order valence-electron chi connectivity index (χ2n) is 7.53. The van der Waals surface area contributed by atoms with Crippen molar-refractivity contribution in [2.75, 3.05) is 33.3 Å². The van der Waals surface area contributed by atoms with E-state index in [4.69, 9.17) is 27.9 Å². The maximum Gasteiger partial charge on any atom is 0.253 e. The number of nitrogens with one attached hydrogen (secondary N) is 1. The monoisotopic (exact) mass is 477 g/mol. The molecule has 170 valence electrons. The van der Waals surface area contributed by atoms with Crippen LogP contribution in [0.3, 0.4) is 0 Å². The average Bonchev–Trinajstić information content (AvgIpc) is 2.80. The van der Waals surface area contributed by atoms with E-state index < -0.39 is 11.9 Å². The Balaban J connectivity index is 1.51. The standard InChI is InChI=1S/C23H25Cl2N3O4/c1-15(26-22(30)18-7-4-8-19(24)21(18)25)23(31)28-11-9-27(10-12-28)20(29)14-16-5-3-6-17(13-16)32-2/h3-8,13,15H,9-12,14H2,1-2H3,(H,26,30). The molecule has 3 amide bonds. The van der Waals surface area contributed by atoms with Crippen molar-refractivity contribution in [1.82, 2.24) is 15.1 Å². The Bertz CT molecular complexity index is 1010. The van der Waals surface area contributed by atoms with Gasteiger partial charge in [0, 0.05) is 26.2 Å². The number of methoxy groups -OCH3 is 1. The van der Waals surface area contributed by atoms with Gasteiger partial charge in [-0.05, 0) is 36.8 Å². The molecule has 0 spiro atoms. The summed E-state index contributed by atoms with van der Waals surface area (Å²) >= 11 is 12.0. The molecule has 1 saturated heterocycles. The Kier molecular flexibility index (Phi) is 7.99. The molecule has 3 rings (SSSR count). The molecule has 0 saturated carbocycles. The highest BCUT2D eigenvalue weighted by atomic mass is 35.5. The smallest absolute Gasteiger partial charge is 0.253 e. The summed E-state index contributed by atoms with van der Waals surface area (Å²) in [7, 11) is 1.59. The number of hydrogen-bond donors (Lipinski definition) is 1. The van der Waals surface area contributed by atoms with Crippen LogP contribution in [0.2, 0.25) is 10.0 Å². The van der Waals surface area contributed by atoms with Crippen LogP contribution in [0.4, 0.5) is 0 Å². The highest BCUT2D eigenvalue weighted by molar-refractivity contribution is 6.43. The second-order valence-corrected chi connectivity index (χ2v) is 8.32. The van der Waals surface area contributed by atoms with Crippen molar-refractivity contribution in [2.45, 2.75) is 19.4 Å². The van der Waals surface area contributed by atoms with E-state index in [-0.39, 0.29) is 33.8 Å². The lowest BCUT2D eigenvalue weighted by molar-refractivity contribution is -0.140. The third-order valence-corrected chi connectivity index (χ3v) is 6.17. The minimum Gasteiger partial charge on any atom is -0.497 e. The van der Waals surface area contributed by atoms with E-state index in [1.54, 1.807) is 42.0 Å². The van der Waals surface area contributed by atoms with Crippen molar-refractivity contribution < 1.29 is 19.1 Å². The lowest BCUT2D eigenvalue weighted by atomic mass is 10.1. The van der Waals surface area contributed by atoms with Crippen molar-refractivity contribution in [3.63, 3.8) is 0 Å². The highest BCUT2D eigenvalue weighted by Crippen LogP contribution is 2.25. The molecule has 1 N–H and O–H groups in total. The van der Waals surface area contributed by atoms with Gasteiger partial charge in [-0.2, -0.15) is 0 Å². The van der Waals surface area contributed by atoms with Crippen molar-refractivity contribution in [2.24, 2.45) is 0 Å². The Labute approximate surface area is 197 Å². The van der Waals surface area contributed by atoms with E-state index in [9.17, 15) is 14.4 Å². The maximum atomic E-state index is 12.8. The van der Waals surface area contributed by atoms with Gasteiger partial charge in [0.2, 0.25) is 11.8 Å². The van der Waals surface area contributed by atoms with Crippen LogP contribution >= 0.6 is 23.2 Å². The largest absolute Gasteiger partial charge is 0.497 e.